The maximum absolute atomic E-state index is 12.9. The summed E-state index contributed by atoms with van der Waals surface area (Å²) in [6.45, 7) is 0. The van der Waals surface area contributed by atoms with Gasteiger partial charge in [0.15, 0.2) is 0 Å². The largest absolute Gasteiger partial charge is 0.508 e. The molecule has 1 aliphatic carbocycles. The lowest BCUT2D eigenvalue weighted by Crippen LogP contribution is -3.05. The molecule has 4 rings (SSSR count). The van der Waals surface area contributed by atoms with E-state index in [4.69, 9.17) is 0 Å². The van der Waals surface area contributed by atoms with Crippen LogP contribution in [0.4, 0.5) is 0 Å². The molecule has 5 nitrogen and oxygen atoms in total. The second kappa shape index (κ2) is 5.79. The third-order valence-corrected chi connectivity index (χ3v) is 4.78. The predicted octanol–water partition coefficient (Wildman–Crippen LogP) is 1.61. The van der Waals surface area contributed by atoms with Crippen molar-refractivity contribution in [2.24, 2.45) is 7.05 Å². The van der Waals surface area contributed by atoms with Gasteiger partial charge in [-0.25, -0.2) is 0 Å². The van der Waals surface area contributed by atoms with E-state index in [1.807, 2.05) is 42.1 Å². The number of nitrogens with one attached hydrogen (secondary N) is 2. The number of benzene rings is 1. The Bertz CT molecular complexity index is 933. The van der Waals surface area contributed by atoms with Crippen molar-refractivity contribution in [3.63, 3.8) is 0 Å². The molecule has 1 aliphatic heterocycles. The highest BCUT2D eigenvalue weighted by Crippen LogP contribution is 2.32. The minimum atomic E-state index is 0.0125. The summed E-state index contributed by atoms with van der Waals surface area (Å²) >= 11 is 0. The number of carbonyl (C=O) groups excluding carboxylic acids is 1. The average molecular weight is 334 g/mol. The number of rotatable bonds is 3. The Morgan fingerprint density at radius 3 is 2.80 bits per heavy atom. The Hall–Kier alpha value is -3.05. The molecular formula is C20H20N3O2+. The minimum Gasteiger partial charge on any atom is -0.508 e. The van der Waals surface area contributed by atoms with Crippen molar-refractivity contribution < 1.29 is 14.8 Å². The number of phenols is 1. The van der Waals surface area contributed by atoms with E-state index in [1.165, 1.54) is 4.90 Å². The lowest BCUT2D eigenvalue weighted by Gasteiger charge is -2.27. The van der Waals surface area contributed by atoms with E-state index in [1.54, 1.807) is 18.3 Å². The fraction of sp³-hybridized carbons (Fsp3) is 0.150. The van der Waals surface area contributed by atoms with Gasteiger partial charge in [0.25, 0.3) is 0 Å². The van der Waals surface area contributed by atoms with E-state index >= 15 is 0 Å². The van der Waals surface area contributed by atoms with E-state index in [0.29, 0.717) is 5.70 Å². The number of aromatic nitrogens is 1. The average Bonchev–Trinajstić information content (AvgIpc) is 2.93. The highest BCUT2D eigenvalue weighted by atomic mass is 16.3. The van der Waals surface area contributed by atoms with Crippen molar-refractivity contribution in [3.05, 3.63) is 77.0 Å². The van der Waals surface area contributed by atoms with Gasteiger partial charge >= 0.3 is 0 Å². The number of Topliss-reactive ketones (excluding diaryl/α,β-unsaturated/α-hetero) is 1. The van der Waals surface area contributed by atoms with Crippen LogP contribution in [0.3, 0.4) is 0 Å². The molecule has 2 atom stereocenters. The number of aromatic hydroxyl groups is 1. The van der Waals surface area contributed by atoms with Crippen LogP contribution in [0.2, 0.25) is 0 Å². The number of aryl methyl sites for hydroxylation is 1. The third-order valence-electron chi connectivity index (χ3n) is 4.78. The van der Waals surface area contributed by atoms with Crippen LogP contribution in [0.25, 0.3) is 12.2 Å². The zero-order valence-electron chi connectivity index (χ0n) is 14.2. The molecule has 2 unspecified atom stereocenters. The zero-order chi connectivity index (χ0) is 17.6. The van der Waals surface area contributed by atoms with Crippen LogP contribution in [0, 0.1) is 0 Å². The fourth-order valence-corrected chi connectivity index (χ4v) is 3.48. The molecule has 0 saturated carbocycles. The van der Waals surface area contributed by atoms with Crippen molar-refractivity contribution in [1.82, 2.24) is 9.88 Å². The van der Waals surface area contributed by atoms with Crippen LogP contribution < -0.4 is 10.2 Å². The van der Waals surface area contributed by atoms with Crippen molar-refractivity contribution in [2.75, 3.05) is 7.05 Å². The molecule has 2 aromatic rings. The lowest BCUT2D eigenvalue weighted by atomic mass is 9.90. The molecule has 0 bridgehead atoms. The molecule has 3 N–H and O–H groups in total. The second-order valence-corrected chi connectivity index (χ2v) is 6.49. The third kappa shape index (κ3) is 2.58. The van der Waals surface area contributed by atoms with Crippen molar-refractivity contribution in [1.29, 1.82) is 0 Å². The van der Waals surface area contributed by atoms with Crippen LogP contribution in [-0.2, 0) is 7.05 Å². The van der Waals surface area contributed by atoms with Crippen molar-refractivity contribution in [3.8, 4) is 5.75 Å². The number of quaternary nitrogens is 1. The number of ketones is 1. The van der Waals surface area contributed by atoms with Gasteiger partial charge in [-0.2, -0.15) is 0 Å². The molecule has 5 heteroatoms. The molecule has 1 aromatic heterocycles. The number of phenolic OH excluding ortho intramolecular Hbond substituents is 1. The van der Waals surface area contributed by atoms with Gasteiger partial charge in [0, 0.05) is 37.2 Å². The van der Waals surface area contributed by atoms with Gasteiger partial charge in [-0.15, -0.1) is 0 Å². The quantitative estimate of drug-likeness (QED) is 0.799. The van der Waals surface area contributed by atoms with Gasteiger partial charge in [-0.1, -0.05) is 12.1 Å². The first-order valence-corrected chi connectivity index (χ1v) is 8.24. The number of carbonyl (C=O) groups is 1. The van der Waals surface area contributed by atoms with E-state index in [0.717, 1.165) is 22.4 Å². The van der Waals surface area contributed by atoms with E-state index < -0.39 is 0 Å². The van der Waals surface area contributed by atoms with Gasteiger partial charge in [-0.05, 0) is 23.8 Å². The monoisotopic (exact) mass is 334 g/mol. The molecule has 2 heterocycles. The Balaban J connectivity index is 1.62. The maximum atomic E-state index is 12.9. The summed E-state index contributed by atoms with van der Waals surface area (Å²) in [6.07, 6.45) is 11.9. The smallest absolute Gasteiger partial charge is 0.225 e. The van der Waals surface area contributed by atoms with Crippen LogP contribution >= 0.6 is 0 Å². The molecule has 0 spiro atoms. The molecule has 0 saturated heterocycles. The number of nitrogens with zero attached hydrogens (tertiary/aromatic N) is 1. The highest BCUT2D eigenvalue weighted by molar-refractivity contribution is 6.10. The summed E-state index contributed by atoms with van der Waals surface area (Å²) in [4.78, 5) is 14.1. The molecule has 0 radical (unpaired) electrons. The Morgan fingerprint density at radius 1 is 1.28 bits per heavy atom. The molecule has 1 aromatic carbocycles. The number of hydrogen-bond donors (Lipinski definition) is 3. The van der Waals surface area contributed by atoms with Gasteiger partial charge in [0.05, 0.1) is 24.5 Å². The zero-order valence-corrected chi connectivity index (χ0v) is 14.2. The summed E-state index contributed by atoms with van der Waals surface area (Å²) in [6, 6.07) is 7.04. The van der Waals surface area contributed by atoms with Crippen molar-refractivity contribution >= 4 is 17.9 Å². The van der Waals surface area contributed by atoms with E-state index in [-0.39, 0.29) is 17.6 Å². The normalized spacial score (nSPS) is 21.4. The van der Waals surface area contributed by atoms with Gasteiger partial charge in [0.2, 0.25) is 5.78 Å². The topological polar surface area (TPSA) is 58.7 Å². The van der Waals surface area contributed by atoms with E-state index in [2.05, 4.69) is 24.6 Å². The van der Waals surface area contributed by atoms with E-state index in [9.17, 15) is 9.90 Å². The first kappa shape index (κ1) is 15.5. The van der Waals surface area contributed by atoms with Crippen LogP contribution in [0.5, 0.6) is 5.75 Å². The first-order valence-electron chi connectivity index (χ1n) is 8.24. The predicted molar refractivity (Wildman–Crippen MR) is 96.8 cm³/mol. The van der Waals surface area contributed by atoms with Gasteiger partial charge in [-0.3, -0.25) is 4.79 Å². The second-order valence-electron chi connectivity index (χ2n) is 6.49. The molecular weight excluding hydrogens is 314 g/mol. The molecule has 0 fully saturated rings. The summed E-state index contributed by atoms with van der Waals surface area (Å²) in [7, 11) is 4.01. The molecule has 25 heavy (non-hydrogen) atoms. The van der Waals surface area contributed by atoms with Crippen molar-refractivity contribution in [2.45, 2.75) is 6.04 Å². The first-order chi connectivity index (χ1) is 12.0. The number of allylic oxidation sites excluding steroid dienone is 1. The maximum Gasteiger partial charge on any atom is 0.225 e. The Labute approximate surface area is 146 Å². The highest BCUT2D eigenvalue weighted by Gasteiger charge is 2.37. The van der Waals surface area contributed by atoms with Gasteiger partial charge in [0.1, 0.15) is 17.5 Å². The molecule has 2 aliphatic rings. The standard InChI is InChI=1S/C20H19N3O2/c1-22-10-8-14-12-23(2)19-18(14)17(22)11-16(20(19)25)21-9-7-13-3-5-15(24)6-4-13/h3-12,17,21,24H,1-2H3/p+1. The van der Waals surface area contributed by atoms with Crippen LogP contribution in [-0.4, -0.2) is 22.5 Å². The summed E-state index contributed by atoms with van der Waals surface area (Å²) in [5, 5.41) is 12.5. The minimum absolute atomic E-state index is 0.0125. The Kier molecular flexibility index (Phi) is 3.58. The molecule has 126 valence electrons. The summed E-state index contributed by atoms with van der Waals surface area (Å²) in [5.41, 5.74) is 4.53. The lowest BCUT2D eigenvalue weighted by molar-refractivity contribution is -0.852. The number of hydrogen-bond acceptors (Lipinski definition) is 3. The Morgan fingerprint density at radius 2 is 2.04 bits per heavy atom. The summed E-state index contributed by atoms with van der Waals surface area (Å²) < 4.78 is 1.92. The van der Waals surface area contributed by atoms with Crippen LogP contribution in [0.15, 0.2) is 54.6 Å². The number of likely N-dealkylation sites (N-methyl/N-ethyl adjacent to an activating group) is 1. The van der Waals surface area contributed by atoms with Crippen LogP contribution in [0.1, 0.15) is 33.2 Å². The SMILES string of the molecule is Cn1cc2c3c1C(=O)C(NC=Cc1ccc(O)cc1)=CC3[NH+](C)C=C2. The summed E-state index contributed by atoms with van der Waals surface area (Å²) in [5.74, 6) is 0.247. The fourth-order valence-electron chi connectivity index (χ4n) is 3.48. The molecule has 0 amide bonds. The van der Waals surface area contributed by atoms with Gasteiger partial charge < -0.3 is 19.9 Å².